The number of hydrogen-bond acceptors (Lipinski definition) is 10. The Morgan fingerprint density at radius 1 is 0.846 bits per heavy atom. The van der Waals surface area contributed by atoms with Crippen LogP contribution in [0.25, 0.3) is 0 Å². The molecular weight excluding hydrogens is 348 g/mol. The highest BCUT2D eigenvalue weighted by Gasteiger charge is 2.19. The van der Waals surface area contributed by atoms with Crippen LogP contribution in [0.15, 0.2) is 24.3 Å². The van der Waals surface area contributed by atoms with Gasteiger partial charge in [-0.25, -0.2) is 9.59 Å². The van der Waals surface area contributed by atoms with Gasteiger partial charge in [-0.05, 0) is 32.0 Å². The highest BCUT2D eigenvalue weighted by Crippen LogP contribution is 2.08. The lowest BCUT2D eigenvalue weighted by Crippen LogP contribution is -2.38. The van der Waals surface area contributed by atoms with E-state index in [2.05, 4.69) is 9.68 Å². The molecule has 0 heterocycles. The van der Waals surface area contributed by atoms with Crippen molar-refractivity contribution in [1.82, 2.24) is 11.0 Å². The standard InChI is InChI=1S/C16H16N2O8/c1-9(21)13(7-19)17-25-15(23)11-4-3-5-12(6-11)16(24)26-18-14(8-20)10(2)22/h3-8,13-14,17-18H,1-2H3. The summed E-state index contributed by atoms with van der Waals surface area (Å²) in [5, 5.41) is 0. The van der Waals surface area contributed by atoms with Crippen LogP contribution in [0.4, 0.5) is 0 Å². The van der Waals surface area contributed by atoms with E-state index in [1.165, 1.54) is 18.2 Å². The molecule has 0 radical (unpaired) electrons. The fourth-order valence-corrected chi connectivity index (χ4v) is 1.54. The van der Waals surface area contributed by atoms with Crippen LogP contribution < -0.4 is 11.0 Å². The molecule has 0 aliphatic carbocycles. The minimum atomic E-state index is -1.30. The van der Waals surface area contributed by atoms with Gasteiger partial charge in [-0.3, -0.25) is 9.59 Å². The summed E-state index contributed by atoms with van der Waals surface area (Å²) in [6, 6.07) is 2.52. The lowest BCUT2D eigenvalue weighted by Gasteiger charge is -2.11. The molecule has 0 bridgehead atoms. The van der Waals surface area contributed by atoms with Crippen molar-refractivity contribution >= 4 is 36.1 Å². The maximum atomic E-state index is 11.9. The fraction of sp³-hybridized carbons (Fsp3) is 0.250. The van der Waals surface area contributed by atoms with Gasteiger partial charge in [-0.2, -0.15) is 0 Å². The van der Waals surface area contributed by atoms with E-state index in [9.17, 15) is 28.8 Å². The van der Waals surface area contributed by atoms with Crippen LogP contribution in [-0.2, 0) is 28.9 Å². The molecule has 0 saturated heterocycles. The molecule has 0 spiro atoms. The largest absolute Gasteiger partial charge is 0.366 e. The molecule has 10 heteroatoms. The first-order chi connectivity index (χ1) is 12.3. The first-order valence-corrected chi connectivity index (χ1v) is 7.25. The van der Waals surface area contributed by atoms with Crippen molar-refractivity contribution in [1.29, 1.82) is 0 Å². The van der Waals surface area contributed by atoms with Crippen LogP contribution in [0.2, 0.25) is 0 Å². The molecule has 10 nitrogen and oxygen atoms in total. The van der Waals surface area contributed by atoms with Crippen LogP contribution in [0.5, 0.6) is 0 Å². The lowest BCUT2D eigenvalue weighted by atomic mass is 10.1. The van der Waals surface area contributed by atoms with Gasteiger partial charge in [0.25, 0.3) is 0 Å². The van der Waals surface area contributed by atoms with E-state index in [4.69, 9.17) is 0 Å². The topological polar surface area (TPSA) is 145 Å². The van der Waals surface area contributed by atoms with Crippen molar-refractivity contribution in [2.24, 2.45) is 0 Å². The SMILES string of the molecule is CC(=O)C(C=O)NOC(=O)c1cccc(C(=O)ONC(C=O)C(C)=O)c1. The molecular formula is C16H16N2O8. The number of carbonyl (C=O) groups is 6. The van der Waals surface area contributed by atoms with E-state index in [0.717, 1.165) is 19.9 Å². The van der Waals surface area contributed by atoms with Crippen LogP contribution in [-0.4, -0.2) is 48.2 Å². The summed E-state index contributed by atoms with van der Waals surface area (Å²) in [6.45, 7) is 2.27. The molecule has 0 amide bonds. The predicted octanol–water partition coefficient (Wildman–Crippen LogP) is -0.678. The first kappa shape index (κ1) is 20.8. The summed E-state index contributed by atoms with van der Waals surface area (Å²) in [5.74, 6) is -3.00. The van der Waals surface area contributed by atoms with Crippen LogP contribution in [0, 0.1) is 0 Å². The van der Waals surface area contributed by atoms with E-state index in [0.29, 0.717) is 0 Å². The van der Waals surface area contributed by atoms with Gasteiger partial charge < -0.3 is 19.3 Å². The average molecular weight is 364 g/mol. The minimum Gasteiger partial charge on any atom is -0.366 e. The molecule has 2 atom stereocenters. The Morgan fingerprint density at radius 2 is 1.23 bits per heavy atom. The molecule has 138 valence electrons. The quantitative estimate of drug-likeness (QED) is 0.311. The van der Waals surface area contributed by atoms with E-state index >= 15 is 0 Å². The maximum Gasteiger partial charge on any atom is 0.356 e. The van der Waals surface area contributed by atoms with Gasteiger partial charge in [-0.1, -0.05) is 6.07 Å². The summed E-state index contributed by atoms with van der Waals surface area (Å²) in [4.78, 5) is 76.5. The van der Waals surface area contributed by atoms with Crippen molar-refractivity contribution < 1.29 is 38.4 Å². The van der Waals surface area contributed by atoms with Gasteiger partial charge in [0.1, 0.15) is 12.6 Å². The summed E-state index contributed by atoms with van der Waals surface area (Å²) < 4.78 is 0. The Morgan fingerprint density at radius 3 is 1.54 bits per heavy atom. The second-order valence-electron chi connectivity index (χ2n) is 5.04. The second-order valence-corrected chi connectivity index (χ2v) is 5.04. The number of carbonyl (C=O) groups excluding carboxylic acids is 6. The highest BCUT2D eigenvalue weighted by molar-refractivity contribution is 5.98. The number of Topliss-reactive ketones (excluding diaryl/α,β-unsaturated/α-hetero) is 2. The average Bonchev–Trinajstić information content (AvgIpc) is 2.61. The Labute approximate surface area is 147 Å². The summed E-state index contributed by atoms with van der Waals surface area (Å²) in [7, 11) is 0. The molecule has 0 saturated carbocycles. The fourth-order valence-electron chi connectivity index (χ4n) is 1.54. The van der Waals surface area contributed by atoms with E-state index in [1.807, 2.05) is 11.0 Å². The molecule has 1 aromatic rings. The molecule has 0 fully saturated rings. The monoisotopic (exact) mass is 364 g/mol. The first-order valence-electron chi connectivity index (χ1n) is 7.25. The maximum absolute atomic E-state index is 11.9. The lowest BCUT2D eigenvalue weighted by molar-refractivity contribution is -0.128. The number of nitrogens with one attached hydrogen (secondary N) is 2. The smallest absolute Gasteiger partial charge is 0.356 e. The van der Waals surface area contributed by atoms with E-state index in [-0.39, 0.29) is 23.7 Å². The minimum absolute atomic E-state index is 0.0707. The Bertz CT molecular complexity index is 673. The van der Waals surface area contributed by atoms with Gasteiger partial charge in [0.2, 0.25) is 0 Å². The normalized spacial score (nSPS) is 12.4. The molecule has 0 aliphatic heterocycles. The van der Waals surface area contributed by atoms with Crippen molar-refractivity contribution in [3.8, 4) is 0 Å². The molecule has 0 aromatic heterocycles. The van der Waals surface area contributed by atoms with Gasteiger partial charge in [0.05, 0.1) is 11.1 Å². The Hall–Kier alpha value is -3.24. The molecule has 26 heavy (non-hydrogen) atoms. The summed E-state index contributed by atoms with van der Waals surface area (Å²) in [6.07, 6.45) is 0.543. The summed E-state index contributed by atoms with van der Waals surface area (Å²) >= 11 is 0. The molecule has 2 unspecified atom stereocenters. The zero-order valence-electron chi connectivity index (χ0n) is 13.9. The molecule has 1 aromatic carbocycles. The van der Waals surface area contributed by atoms with Crippen molar-refractivity contribution in [2.45, 2.75) is 25.9 Å². The number of benzene rings is 1. The zero-order chi connectivity index (χ0) is 19.7. The summed E-state index contributed by atoms with van der Waals surface area (Å²) in [5.41, 5.74) is 3.87. The number of ketones is 2. The highest BCUT2D eigenvalue weighted by atomic mass is 16.7. The van der Waals surface area contributed by atoms with Crippen LogP contribution in [0.1, 0.15) is 34.6 Å². The van der Waals surface area contributed by atoms with E-state index < -0.39 is 35.6 Å². The number of hydroxylamine groups is 2. The zero-order valence-corrected chi connectivity index (χ0v) is 13.9. The Balaban J connectivity index is 2.74. The third-order valence-corrected chi connectivity index (χ3v) is 3.04. The third-order valence-electron chi connectivity index (χ3n) is 3.04. The van der Waals surface area contributed by atoms with Crippen molar-refractivity contribution in [3.63, 3.8) is 0 Å². The number of rotatable bonds is 10. The molecule has 2 N–H and O–H groups in total. The molecule has 0 aliphatic rings. The Kier molecular flexibility index (Phi) is 7.93. The number of aldehydes is 2. The van der Waals surface area contributed by atoms with Gasteiger partial charge in [-0.15, -0.1) is 11.0 Å². The van der Waals surface area contributed by atoms with Crippen molar-refractivity contribution in [2.75, 3.05) is 0 Å². The number of hydrogen-bond donors (Lipinski definition) is 2. The predicted molar refractivity (Wildman–Crippen MR) is 84.6 cm³/mol. The van der Waals surface area contributed by atoms with Crippen LogP contribution >= 0.6 is 0 Å². The van der Waals surface area contributed by atoms with E-state index in [1.54, 1.807) is 0 Å². The van der Waals surface area contributed by atoms with Crippen LogP contribution in [0.3, 0.4) is 0 Å². The van der Waals surface area contributed by atoms with Crippen molar-refractivity contribution in [3.05, 3.63) is 35.4 Å². The van der Waals surface area contributed by atoms with Gasteiger partial charge in [0, 0.05) is 0 Å². The third kappa shape index (κ3) is 6.00. The van der Waals surface area contributed by atoms with Gasteiger partial charge in [0.15, 0.2) is 23.7 Å². The van der Waals surface area contributed by atoms with Gasteiger partial charge >= 0.3 is 11.9 Å². The second kappa shape index (κ2) is 9.91. The molecule has 1 rings (SSSR count).